The molecule has 0 bridgehead atoms. The summed E-state index contributed by atoms with van der Waals surface area (Å²) in [4.78, 5) is 23.8. The summed E-state index contributed by atoms with van der Waals surface area (Å²) in [6.07, 6.45) is 2.20. The smallest absolute Gasteiger partial charge is 0.334 e. The number of thiazole rings is 1. The number of benzene rings is 2. The van der Waals surface area contributed by atoms with Crippen molar-refractivity contribution in [3.05, 3.63) is 70.5 Å². The fourth-order valence-corrected chi connectivity index (χ4v) is 3.59. The number of aromatic nitrogens is 3. The first-order chi connectivity index (χ1) is 13.6. The van der Waals surface area contributed by atoms with Gasteiger partial charge in [-0.05, 0) is 36.2 Å². The van der Waals surface area contributed by atoms with Gasteiger partial charge in [0.2, 0.25) is 11.6 Å². The molecular weight excluding hydrogens is 376 g/mol. The van der Waals surface area contributed by atoms with Gasteiger partial charge < -0.3 is 10.6 Å². The molecule has 0 spiro atoms. The van der Waals surface area contributed by atoms with Crippen LogP contribution in [0.2, 0.25) is 0 Å². The van der Waals surface area contributed by atoms with Crippen molar-refractivity contribution in [1.82, 2.24) is 15.0 Å². The Kier molecular flexibility index (Phi) is 4.81. The lowest BCUT2D eigenvalue weighted by Crippen LogP contribution is -2.05. The van der Waals surface area contributed by atoms with Crippen molar-refractivity contribution < 1.29 is 4.92 Å². The number of aryl methyl sites for hydroxylation is 1. The molecule has 0 saturated carbocycles. The van der Waals surface area contributed by atoms with E-state index in [1.54, 1.807) is 0 Å². The van der Waals surface area contributed by atoms with Crippen molar-refractivity contribution in [3.63, 3.8) is 0 Å². The van der Waals surface area contributed by atoms with E-state index in [4.69, 9.17) is 0 Å². The van der Waals surface area contributed by atoms with Crippen LogP contribution in [0, 0.1) is 10.1 Å². The van der Waals surface area contributed by atoms with Gasteiger partial charge in [0.1, 0.15) is 6.33 Å². The van der Waals surface area contributed by atoms with E-state index in [1.807, 2.05) is 48.5 Å². The molecule has 0 fully saturated rings. The average Bonchev–Trinajstić information content (AvgIpc) is 3.11. The van der Waals surface area contributed by atoms with Crippen LogP contribution in [0.3, 0.4) is 0 Å². The molecule has 0 amide bonds. The molecule has 2 heterocycles. The van der Waals surface area contributed by atoms with Gasteiger partial charge in [0, 0.05) is 5.69 Å². The lowest BCUT2D eigenvalue weighted by atomic mass is 10.1. The maximum absolute atomic E-state index is 11.7. The molecule has 140 valence electrons. The second-order valence-corrected chi connectivity index (χ2v) is 6.99. The van der Waals surface area contributed by atoms with Crippen LogP contribution < -0.4 is 10.6 Å². The Morgan fingerprint density at radius 2 is 1.75 bits per heavy atom. The molecule has 4 rings (SSSR count). The van der Waals surface area contributed by atoms with Crippen molar-refractivity contribution in [3.8, 4) is 0 Å². The second kappa shape index (κ2) is 7.57. The largest absolute Gasteiger partial charge is 0.353 e. The predicted molar refractivity (Wildman–Crippen MR) is 111 cm³/mol. The zero-order chi connectivity index (χ0) is 19.5. The van der Waals surface area contributed by atoms with Crippen molar-refractivity contribution in [2.75, 3.05) is 10.6 Å². The number of fused-ring (bicyclic) bond motifs is 1. The molecular formula is C19H16N6O2S. The maximum Gasteiger partial charge on any atom is 0.353 e. The highest BCUT2D eigenvalue weighted by Crippen LogP contribution is 2.35. The minimum absolute atomic E-state index is 0.0896. The van der Waals surface area contributed by atoms with Gasteiger partial charge in [-0.1, -0.05) is 42.5 Å². The molecule has 9 heteroatoms. The Balaban J connectivity index is 1.67. The predicted octanol–water partition coefficient (Wildman–Crippen LogP) is 5.04. The Bertz CT molecular complexity index is 1110. The minimum atomic E-state index is -0.502. The SMILES string of the molecule is CCc1ccc(Nc2ncnc(Nc3nc4ccccc4s3)c2[N+](=O)[O-])cc1. The standard InChI is InChI=1S/C19H16N6O2S/c1-2-12-7-9-13(10-8-12)22-17-16(25(26)27)18(21-11-20-17)24-19-23-14-5-3-4-6-15(14)28-19/h3-11H,2H2,1H3,(H2,20,21,22,23,24). The number of anilines is 4. The second-order valence-electron chi connectivity index (χ2n) is 5.96. The summed E-state index contributed by atoms with van der Waals surface area (Å²) in [5, 5.41) is 18.2. The van der Waals surface area contributed by atoms with Crippen LogP contribution in [-0.2, 0) is 6.42 Å². The fraction of sp³-hybridized carbons (Fsp3) is 0.105. The molecule has 0 aliphatic carbocycles. The number of hydrogen-bond acceptors (Lipinski definition) is 8. The van der Waals surface area contributed by atoms with E-state index in [9.17, 15) is 10.1 Å². The Labute approximate surface area is 164 Å². The molecule has 28 heavy (non-hydrogen) atoms. The minimum Gasteiger partial charge on any atom is -0.334 e. The zero-order valence-electron chi connectivity index (χ0n) is 14.9. The van der Waals surface area contributed by atoms with E-state index in [2.05, 4.69) is 32.5 Å². The van der Waals surface area contributed by atoms with Crippen molar-refractivity contribution >= 4 is 49.7 Å². The van der Waals surface area contributed by atoms with Crippen LogP contribution in [0.25, 0.3) is 10.2 Å². The molecule has 0 aliphatic rings. The van der Waals surface area contributed by atoms with Gasteiger partial charge in [-0.2, -0.15) is 0 Å². The number of nitrogens with one attached hydrogen (secondary N) is 2. The molecule has 4 aromatic rings. The van der Waals surface area contributed by atoms with Crippen LogP contribution in [0.4, 0.5) is 28.1 Å². The first-order valence-corrected chi connectivity index (χ1v) is 9.43. The zero-order valence-corrected chi connectivity index (χ0v) is 15.7. The van der Waals surface area contributed by atoms with Gasteiger partial charge in [-0.25, -0.2) is 15.0 Å². The van der Waals surface area contributed by atoms with Crippen LogP contribution in [0.1, 0.15) is 12.5 Å². The van der Waals surface area contributed by atoms with E-state index in [-0.39, 0.29) is 17.3 Å². The third-order valence-electron chi connectivity index (χ3n) is 4.15. The monoisotopic (exact) mass is 392 g/mol. The Morgan fingerprint density at radius 1 is 1.04 bits per heavy atom. The number of nitrogens with zero attached hydrogens (tertiary/aromatic N) is 4. The van der Waals surface area contributed by atoms with E-state index in [1.165, 1.54) is 23.2 Å². The van der Waals surface area contributed by atoms with Crippen LogP contribution in [-0.4, -0.2) is 19.9 Å². The van der Waals surface area contributed by atoms with Crippen LogP contribution in [0.5, 0.6) is 0 Å². The third kappa shape index (κ3) is 3.60. The highest BCUT2D eigenvalue weighted by molar-refractivity contribution is 7.22. The van der Waals surface area contributed by atoms with Gasteiger partial charge in [0.15, 0.2) is 5.13 Å². The summed E-state index contributed by atoms with van der Waals surface area (Å²) < 4.78 is 0.982. The van der Waals surface area contributed by atoms with E-state index >= 15 is 0 Å². The maximum atomic E-state index is 11.7. The molecule has 0 atom stereocenters. The van der Waals surface area contributed by atoms with Gasteiger partial charge in [-0.15, -0.1) is 0 Å². The normalized spacial score (nSPS) is 10.8. The molecule has 2 aromatic carbocycles. The lowest BCUT2D eigenvalue weighted by molar-refractivity contribution is -0.383. The summed E-state index contributed by atoms with van der Waals surface area (Å²) in [5.41, 5.74) is 2.48. The van der Waals surface area contributed by atoms with E-state index in [0.717, 1.165) is 16.6 Å². The van der Waals surface area contributed by atoms with Gasteiger partial charge in [-0.3, -0.25) is 10.1 Å². The number of nitro groups is 1. The molecule has 0 saturated heterocycles. The quantitative estimate of drug-likeness (QED) is 0.349. The highest BCUT2D eigenvalue weighted by Gasteiger charge is 2.24. The summed E-state index contributed by atoms with van der Waals surface area (Å²) in [6.45, 7) is 2.07. The number of hydrogen-bond donors (Lipinski definition) is 2. The first-order valence-electron chi connectivity index (χ1n) is 8.62. The first kappa shape index (κ1) is 17.8. The highest BCUT2D eigenvalue weighted by atomic mass is 32.1. The van der Waals surface area contributed by atoms with Crippen molar-refractivity contribution in [2.24, 2.45) is 0 Å². The summed E-state index contributed by atoms with van der Waals surface area (Å²) in [7, 11) is 0. The molecule has 0 aliphatic heterocycles. The fourth-order valence-electron chi connectivity index (χ4n) is 2.72. The van der Waals surface area contributed by atoms with Crippen LogP contribution in [0.15, 0.2) is 54.9 Å². The lowest BCUT2D eigenvalue weighted by Gasteiger charge is -2.09. The molecule has 0 unspecified atom stereocenters. The summed E-state index contributed by atoms with van der Waals surface area (Å²) >= 11 is 1.40. The van der Waals surface area contributed by atoms with E-state index in [0.29, 0.717) is 10.8 Å². The number of para-hydroxylation sites is 1. The van der Waals surface area contributed by atoms with E-state index < -0.39 is 4.92 Å². The topological polar surface area (TPSA) is 106 Å². The third-order valence-corrected chi connectivity index (χ3v) is 5.10. The summed E-state index contributed by atoms with van der Waals surface area (Å²) in [5.74, 6) is 0.208. The number of rotatable bonds is 6. The average molecular weight is 392 g/mol. The van der Waals surface area contributed by atoms with Gasteiger partial charge in [0.25, 0.3) is 0 Å². The summed E-state index contributed by atoms with van der Waals surface area (Å²) in [6, 6.07) is 15.3. The molecule has 8 nitrogen and oxygen atoms in total. The van der Waals surface area contributed by atoms with Crippen molar-refractivity contribution in [1.29, 1.82) is 0 Å². The van der Waals surface area contributed by atoms with Gasteiger partial charge in [0.05, 0.1) is 15.1 Å². The molecule has 2 N–H and O–H groups in total. The molecule has 0 radical (unpaired) electrons. The molecule has 2 aromatic heterocycles. The Morgan fingerprint density at radius 3 is 2.43 bits per heavy atom. The van der Waals surface area contributed by atoms with Crippen LogP contribution >= 0.6 is 11.3 Å². The van der Waals surface area contributed by atoms with Crippen molar-refractivity contribution in [2.45, 2.75) is 13.3 Å². The Hall–Kier alpha value is -3.59. The van der Waals surface area contributed by atoms with Gasteiger partial charge >= 0.3 is 5.69 Å².